The Morgan fingerprint density at radius 1 is 1.19 bits per heavy atom. The number of halogens is 1. The molecular weight excluding hydrogens is 379 g/mol. The minimum absolute atomic E-state index is 0.151. The second-order valence-electron chi connectivity index (χ2n) is 4.32. The average Bonchev–Trinajstić information content (AvgIpc) is 3.02. The summed E-state index contributed by atoms with van der Waals surface area (Å²) in [5, 5.41) is 6.92. The van der Waals surface area contributed by atoms with Crippen LogP contribution < -0.4 is 5.32 Å². The SMILES string of the molecule is O=C(Nc1ccc(-n2cccn2)nc1)c1cccc(I)c1. The molecule has 1 amide bonds. The van der Waals surface area contributed by atoms with Crippen molar-refractivity contribution in [2.45, 2.75) is 0 Å². The third kappa shape index (κ3) is 3.27. The van der Waals surface area contributed by atoms with Crippen LogP contribution in [0.3, 0.4) is 0 Å². The van der Waals surface area contributed by atoms with E-state index in [0.29, 0.717) is 17.1 Å². The van der Waals surface area contributed by atoms with E-state index in [2.05, 4.69) is 38.0 Å². The van der Waals surface area contributed by atoms with Gasteiger partial charge in [-0.2, -0.15) is 5.10 Å². The summed E-state index contributed by atoms with van der Waals surface area (Å²) in [5.41, 5.74) is 1.27. The minimum atomic E-state index is -0.151. The van der Waals surface area contributed by atoms with Crippen molar-refractivity contribution in [2.75, 3.05) is 5.32 Å². The quantitative estimate of drug-likeness (QED) is 0.700. The van der Waals surface area contributed by atoms with Gasteiger partial charge in [0, 0.05) is 21.5 Å². The molecule has 0 spiro atoms. The molecule has 0 saturated heterocycles. The molecule has 1 N–H and O–H groups in total. The highest BCUT2D eigenvalue weighted by Crippen LogP contribution is 2.12. The number of pyridine rings is 1. The largest absolute Gasteiger partial charge is 0.321 e. The molecular formula is C15H11IN4O. The standard InChI is InChI=1S/C15H11IN4O/c16-12-4-1-3-11(9-12)15(21)19-13-5-6-14(17-10-13)20-8-2-7-18-20/h1-10H,(H,19,21). The van der Waals surface area contributed by atoms with Crippen LogP contribution in [0.1, 0.15) is 10.4 Å². The third-order valence-electron chi connectivity index (χ3n) is 2.83. The van der Waals surface area contributed by atoms with Gasteiger partial charge in [-0.25, -0.2) is 9.67 Å². The number of nitrogens with one attached hydrogen (secondary N) is 1. The van der Waals surface area contributed by atoms with E-state index in [1.54, 1.807) is 35.3 Å². The normalized spacial score (nSPS) is 10.3. The predicted octanol–water partition coefficient (Wildman–Crippen LogP) is 3.12. The van der Waals surface area contributed by atoms with E-state index in [-0.39, 0.29) is 5.91 Å². The van der Waals surface area contributed by atoms with E-state index in [1.165, 1.54) is 0 Å². The Balaban J connectivity index is 1.75. The topological polar surface area (TPSA) is 59.8 Å². The molecule has 0 unspecified atom stereocenters. The zero-order valence-corrected chi connectivity index (χ0v) is 13.1. The van der Waals surface area contributed by atoms with Crippen LogP contribution in [-0.4, -0.2) is 20.7 Å². The first kappa shape index (κ1) is 13.7. The lowest BCUT2D eigenvalue weighted by Crippen LogP contribution is -2.12. The molecule has 2 heterocycles. The van der Waals surface area contributed by atoms with Crippen LogP contribution in [-0.2, 0) is 0 Å². The summed E-state index contributed by atoms with van der Waals surface area (Å²) in [7, 11) is 0. The Labute approximate surface area is 135 Å². The van der Waals surface area contributed by atoms with Gasteiger partial charge >= 0.3 is 0 Å². The lowest BCUT2D eigenvalue weighted by Gasteiger charge is -2.06. The molecule has 0 aliphatic rings. The zero-order valence-electron chi connectivity index (χ0n) is 10.9. The fourth-order valence-electron chi connectivity index (χ4n) is 1.83. The lowest BCUT2D eigenvalue weighted by molar-refractivity contribution is 0.102. The van der Waals surface area contributed by atoms with Crippen molar-refractivity contribution in [1.29, 1.82) is 0 Å². The van der Waals surface area contributed by atoms with Crippen LogP contribution in [0.5, 0.6) is 0 Å². The van der Waals surface area contributed by atoms with Crippen molar-refractivity contribution in [1.82, 2.24) is 14.8 Å². The van der Waals surface area contributed by atoms with Crippen LogP contribution in [0.2, 0.25) is 0 Å². The van der Waals surface area contributed by atoms with Gasteiger partial charge in [-0.3, -0.25) is 4.79 Å². The maximum atomic E-state index is 12.1. The van der Waals surface area contributed by atoms with Gasteiger partial charge in [0.15, 0.2) is 5.82 Å². The highest BCUT2D eigenvalue weighted by Gasteiger charge is 2.07. The Bertz CT molecular complexity index is 754. The molecule has 104 valence electrons. The monoisotopic (exact) mass is 390 g/mol. The molecule has 1 aromatic carbocycles. The maximum absolute atomic E-state index is 12.1. The maximum Gasteiger partial charge on any atom is 0.255 e. The lowest BCUT2D eigenvalue weighted by atomic mass is 10.2. The van der Waals surface area contributed by atoms with Gasteiger partial charge in [-0.05, 0) is 59.0 Å². The van der Waals surface area contributed by atoms with E-state index in [0.717, 1.165) is 3.57 Å². The number of benzene rings is 1. The molecule has 0 bridgehead atoms. The molecule has 0 aliphatic heterocycles. The number of hydrogen-bond acceptors (Lipinski definition) is 3. The zero-order chi connectivity index (χ0) is 14.7. The molecule has 21 heavy (non-hydrogen) atoms. The van der Waals surface area contributed by atoms with E-state index in [9.17, 15) is 4.79 Å². The first-order valence-electron chi connectivity index (χ1n) is 6.25. The van der Waals surface area contributed by atoms with Crippen molar-refractivity contribution >= 4 is 34.2 Å². The summed E-state index contributed by atoms with van der Waals surface area (Å²) in [5.74, 6) is 0.550. The molecule has 0 atom stereocenters. The summed E-state index contributed by atoms with van der Waals surface area (Å²) in [4.78, 5) is 16.4. The van der Waals surface area contributed by atoms with E-state index >= 15 is 0 Å². The highest BCUT2D eigenvalue weighted by molar-refractivity contribution is 14.1. The minimum Gasteiger partial charge on any atom is -0.321 e. The Kier molecular flexibility index (Phi) is 3.96. The smallest absolute Gasteiger partial charge is 0.255 e. The van der Waals surface area contributed by atoms with Crippen LogP contribution >= 0.6 is 22.6 Å². The molecule has 2 aromatic heterocycles. The molecule has 0 fully saturated rings. The van der Waals surface area contributed by atoms with Crippen molar-refractivity contribution in [2.24, 2.45) is 0 Å². The van der Waals surface area contributed by atoms with Crippen molar-refractivity contribution in [3.05, 3.63) is 70.2 Å². The molecule has 0 radical (unpaired) electrons. The predicted molar refractivity (Wildman–Crippen MR) is 88.5 cm³/mol. The van der Waals surface area contributed by atoms with E-state index < -0.39 is 0 Å². The molecule has 5 nitrogen and oxygen atoms in total. The number of nitrogens with zero attached hydrogens (tertiary/aromatic N) is 3. The number of carbonyl (C=O) groups is 1. The third-order valence-corrected chi connectivity index (χ3v) is 3.50. The van der Waals surface area contributed by atoms with Gasteiger partial charge in [0.2, 0.25) is 0 Å². The highest BCUT2D eigenvalue weighted by atomic mass is 127. The molecule has 6 heteroatoms. The summed E-state index contributed by atoms with van der Waals surface area (Å²) in [6, 6.07) is 12.8. The Morgan fingerprint density at radius 3 is 2.76 bits per heavy atom. The van der Waals surface area contributed by atoms with Gasteiger partial charge in [0.1, 0.15) is 0 Å². The number of carbonyl (C=O) groups excluding carboxylic acids is 1. The second-order valence-corrected chi connectivity index (χ2v) is 5.57. The van der Waals surface area contributed by atoms with Crippen molar-refractivity contribution in [3.63, 3.8) is 0 Å². The molecule has 3 rings (SSSR count). The van der Waals surface area contributed by atoms with Crippen LogP contribution in [0.15, 0.2) is 61.1 Å². The number of amides is 1. The summed E-state index contributed by atoms with van der Waals surface area (Å²) >= 11 is 2.18. The van der Waals surface area contributed by atoms with Crippen LogP contribution in [0, 0.1) is 3.57 Å². The summed E-state index contributed by atoms with van der Waals surface area (Å²) in [6.45, 7) is 0. The Hall–Kier alpha value is -2.22. The molecule has 0 saturated carbocycles. The van der Waals surface area contributed by atoms with Gasteiger partial charge in [0.05, 0.1) is 11.9 Å². The van der Waals surface area contributed by atoms with Crippen LogP contribution in [0.4, 0.5) is 5.69 Å². The van der Waals surface area contributed by atoms with Crippen molar-refractivity contribution < 1.29 is 4.79 Å². The number of aromatic nitrogens is 3. The fraction of sp³-hybridized carbons (Fsp3) is 0. The number of rotatable bonds is 3. The first-order valence-corrected chi connectivity index (χ1v) is 7.33. The summed E-state index contributed by atoms with van der Waals surface area (Å²) < 4.78 is 2.68. The van der Waals surface area contributed by atoms with Gasteiger partial charge in [0.25, 0.3) is 5.91 Å². The Morgan fingerprint density at radius 2 is 2.10 bits per heavy atom. The van der Waals surface area contributed by atoms with E-state index in [1.807, 2.05) is 30.5 Å². The van der Waals surface area contributed by atoms with E-state index in [4.69, 9.17) is 0 Å². The molecule has 3 aromatic rings. The molecule has 0 aliphatic carbocycles. The first-order chi connectivity index (χ1) is 10.2. The number of anilines is 1. The fourth-order valence-corrected chi connectivity index (χ4v) is 2.38. The van der Waals surface area contributed by atoms with Crippen molar-refractivity contribution in [3.8, 4) is 5.82 Å². The second kappa shape index (κ2) is 6.04. The average molecular weight is 390 g/mol. The van der Waals surface area contributed by atoms with Gasteiger partial charge in [-0.1, -0.05) is 6.07 Å². The number of hydrogen-bond donors (Lipinski definition) is 1. The summed E-state index contributed by atoms with van der Waals surface area (Å²) in [6.07, 6.45) is 5.11. The van der Waals surface area contributed by atoms with Gasteiger partial charge < -0.3 is 5.32 Å². The van der Waals surface area contributed by atoms with Gasteiger partial charge in [-0.15, -0.1) is 0 Å². The van der Waals surface area contributed by atoms with Crippen LogP contribution in [0.25, 0.3) is 5.82 Å².